The van der Waals surface area contributed by atoms with Gasteiger partial charge in [0.2, 0.25) is 0 Å². The topological polar surface area (TPSA) is 55.7 Å². The highest BCUT2D eigenvalue weighted by Gasteiger charge is 2.28. The van der Waals surface area contributed by atoms with Crippen molar-refractivity contribution < 1.29 is 13.3 Å². The molecule has 21 heavy (non-hydrogen) atoms. The summed E-state index contributed by atoms with van der Waals surface area (Å²) in [7, 11) is -3.25. The molecule has 1 aliphatic rings. The normalized spacial score (nSPS) is 18.4. The van der Waals surface area contributed by atoms with Crippen molar-refractivity contribution in [2.24, 2.45) is 5.16 Å². The van der Waals surface area contributed by atoms with Crippen LogP contribution in [-0.2, 0) is 14.7 Å². The summed E-state index contributed by atoms with van der Waals surface area (Å²) >= 11 is 1.28. The monoisotopic (exact) mass is 321 g/mol. The van der Waals surface area contributed by atoms with Gasteiger partial charge in [0, 0.05) is 23.1 Å². The van der Waals surface area contributed by atoms with E-state index < -0.39 is 9.84 Å². The molecule has 1 atom stereocenters. The van der Waals surface area contributed by atoms with Gasteiger partial charge in [-0.3, -0.25) is 0 Å². The van der Waals surface area contributed by atoms with Gasteiger partial charge in [0.05, 0.1) is 5.71 Å². The fourth-order valence-electron chi connectivity index (χ4n) is 2.35. The number of benzene rings is 1. The maximum Gasteiger partial charge on any atom is 0.185 e. The first-order valence-corrected chi connectivity index (χ1v) is 9.24. The summed E-state index contributed by atoms with van der Waals surface area (Å²) in [5.41, 5.74) is 2.43. The second kappa shape index (κ2) is 5.27. The Bertz CT molecular complexity index is 792. The molecule has 2 aromatic rings. The first-order chi connectivity index (χ1) is 9.95. The number of hydrogen-bond acceptors (Lipinski definition) is 5. The molecule has 0 N–H and O–H groups in total. The number of nitrogens with zero attached hydrogens (tertiary/aromatic N) is 1. The Hall–Kier alpha value is -1.66. The average Bonchev–Trinajstić information content (AvgIpc) is 3.05. The van der Waals surface area contributed by atoms with E-state index in [1.165, 1.54) is 17.6 Å². The SMILES string of the molecule is Cc1cc(C2=NOC(c3ccccc3)C2)c(S(C)(=O)=O)s1. The second-order valence-corrected chi connectivity index (χ2v) is 8.54. The molecule has 6 heteroatoms. The summed E-state index contributed by atoms with van der Waals surface area (Å²) in [4.78, 5) is 6.44. The molecule has 1 aliphatic heterocycles. The van der Waals surface area contributed by atoms with Crippen LogP contribution in [-0.4, -0.2) is 20.4 Å². The molecule has 0 saturated heterocycles. The number of rotatable bonds is 3. The molecule has 1 aromatic carbocycles. The molecule has 0 bridgehead atoms. The van der Waals surface area contributed by atoms with Crippen molar-refractivity contribution in [2.45, 2.75) is 23.7 Å². The Morgan fingerprint density at radius 3 is 2.67 bits per heavy atom. The van der Waals surface area contributed by atoms with E-state index in [0.29, 0.717) is 21.9 Å². The van der Waals surface area contributed by atoms with E-state index in [1.54, 1.807) is 0 Å². The fourth-order valence-corrected chi connectivity index (χ4v) is 4.68. The number of sulfone groups is 1. The molecule has 2 heterocycles. The molecule has 0 aliphatic carbocycles. The summed E-state index contributed by atoms with van der Waals surface area (Å²) in [5.74, 6) is 0. The molecule has 3 rings (SSSR count). The van der Waals surface area contributed by atoms with Crippen LogP contribution in [0.15, 0.2) is 45.8 Å². The van der Waals surface area contributed by atoms with Gasteiger partial charge in [0.1, 0.15) is 4.21 Å². The van der Waals surface area contributed by atoms with Crippen molar-refractivity contribution in [3.05, 3.63) is 52.4 Å². The van der Waals surface area contributed by atoms with Crippen LogP contribution in [0.2, 0.25) is 0 Å². The molecule has 4 nitrogen and oxygen atoms in total. The third-order valence-electron chi connectivity index (χ3n) is 3.31. The predicted molar refractivity (Wildman–Crippen MR) is 83.6 cm³/mol. The lowest BCUT2D eigenvalue weighted by Gasteiger charge is -2.07. The van der Waals surface area contributed by atoms with Crippen LogP contribution in [0.5, 0.6) is 0 Å². The molecule has 0 spiro atoms. The number of oxime groups is 1. The van der Waals surface area contributed by atoms with Gasteiger partial charge in [0.15, 0.2) is 15.9 Å². The zero-order chi connectivity index (χ0) is 15.0. The van der Waals surface area contributed by atoms with E-state index in [0.717, 1.165) is 10.4 Å². The predicted octanol–water partition coefficient (Wildman–Crippen LogP) is 3.33. The van der Waals surface area contributed by atoms with Gasteiger partial charge in [-0.15, -0.1) is 11.3 Å². The molecule has 1 aromatic heterocycles. The number of thiophene rings is 1. The lowest BCUT2D eigenvalue weighted by atomic mass is 10.0. The minimum absolute atomic E-state index is 0.145. The number of aryl methyl sites for hydroxylation is 1. The summed E-state index contributed by atoms with van der Waals surface area (Å²) in [6.07, 6.45) is 1.67. The zero-order valence-corrected chi connectivity index (χ0v) is 13.4. The van der Waals surface area contributed by atoms with Gasteiger partial charge < -0.3 is 4.84 Å². The minimum Gasteiger partial charge on any atom is -0.387 e. The third-order valence-corrected chi connectivity index (χ3v) is 6.21. The Morgan fingerprint density at radius 2 is 2.00 bits per heavy atom. The van der Waals surface area contributed by atoms with Gasteiger partial charge in [-0.25, -0.2) is 8.42 Å². The van der Waals surface area contributed by atoms with Crippen molar-refractivity contribution in [2.75, 3.05) is 6.26 Å². The standard InChI is InChI=1S/C15H15NO3S2/c1-10-8-12(15(20-10)21(2,17)18)13-9-14(19-16-13)11-6-4-3-5-7-11/h3-8,14H,9H2,1-2H3. The van der Waals surface area contributed by atoms with Crippen molar-refractivity contribution in [3.63, 3.8) is 0 Å². The molecular weight excluding hydrogens is 306 g/mol. The molecule has 0 amide bonds. The fraction of sp³-hybridized carbons (Fsp3) is 0.267. The van der Waals surface area contributed by atoms with Crippen molar-refractivity contribution in [1.82, 2.24) is 0 Å². The largest absolute Gasteiger partial charge is 0.387 e. The Morgan fingerprint density at radius 1 is 1.29 bits per heavy atom. The van der Waals surface area contributed by atoms with Gasteiger partial charge in [0.25, 0.3) is 0 Å². The minimum atomic E-state index is -3.25. The molecule has 1 unspecified atom stereocenters. The van der Waals surface area contributed by atoms with E-state index in [9.17, 15) is 8.42 Å². The first-order valence-electron chi connectivity index (χ1n) is 6.53. The van der Waals surface area contributed by atoms with Crippen molar-refractivity contribution >= 4 is 26.9 Å². The Labute approximate surface area is 128 Å². The lowest BCUT2D eigenvalue weighted by Crippen LogP contribution is -2.05. The van der Waals surface area contributed by atoms with Gasteiger partial charge >= 0.3 is 0 Å². The lowest BCUT2D eigenvalue weighted by molar-refractivity contribution is 0.0857. The van der Waals surface area contributed by atoms with E-state index >= 15 is 0 Å². The third kappa shape index (κ3) is 2.87. The average molecular weight is 321 g/mol. The summed E-state index contributed by atoms with van der Waals surface area (Å²) in [6.45, 7) is 1.90. The van der Waals surface area contributed by atoms with Crippen LogP contribution in [0, 0.1) is 6.92 Å². The molecule has 0 fully saturated rings. The highest BCUT2D eigenvalue weighted by atomic mass is 32.2. The molecule has 0 saturated carbocycles. The van der Waals surface area contributed by atoms with Crippen LogP contribution in [0.3, 0.4) is 0 Å². The van der Waals surface area contributed by atoms with E-state index in [2.05, 4.69) is 5.16 Å². The van der Waals surface area contributed by atoms with Gasteiger partial charge in [-0.2, -0.15) is 0 Å². The van der Waals surface area contributed by atoms with Crippen molar-refractivity contribution in [1.29, 1.82) is 0 Å². The van der Waals surface area contributed by atoms with Gasteiger partial charge in [-0.05, 0) is 18.6 Å². The molecule has 0 radical (unpaired) electrons. The smallest absolute Gasteiger partial charge is 0.185 e. The summed E-state index contributed by atoms with van der Waals surface area (Å²) < 4.78 is 24.2. The number of hydrogen-bond donors (Lipinski definition) is 0. The van der Waals surface area contributed by atoms with E-state index in [-0.39, 0.29) is 6.10 Å². The molecule has 110 valence electrons. The Balaban J connectivity index is 1.91. The Kier molecular flexibility index (Phi) is 3.59. The van der Waals surface area contributed by atoms with Crippen molar-refractivity contribution in [3.8, 4) is 0 Å². The van der Waals surface area contributed by atoms with Crippen LogP contribution in [0.1, 0.15) is 28.5 Å². The molecular formula is C15H15NO3S2. The summed E-state index contributed by atoms with van der Waals surface area (Å²) in [5, 5.41) is 4.11. The van der Waals surface area contributed by atoms with E-state index in [4.69, 9.17) is 4.84 Å². The first kappa shape index (κ1) is 14.3. The quantitative estimate of drug-likeness (QED) is 0.871. The van der Waals surface area contributed by atoms with Crippen LogP contribution in [0.25, 0.3) is 0 Å². The maximum absolute atomic E-state index is 11.9. The van der Waals surface area contributed by atoms with Crippen LogP contribution >= 0.6 is 11.3 Å². The second-order valence-electron chi connectivity index (χ2n) is 5.08. The highest BCUT2D eigenvalue weighted by molar-refractivity contribution is 7.92. The highest BCUT2D eigenvalue weighted by Crippen LogP contribution is 2.34. The maximum atomic E-state index is 11.9. The van der Waals surface area contributed by atoms with Gasteiger partial charge in [-0.1, -0.05) is 35.5 Å². The zero-order valence-electron chi connectivity index (χ0n) is 11.7. The summed E-state index contributed by atoms with van der Waals surface area (Å²) in [6, 6.07) is 11.7. The van der Waals surface area contributed by atoms with Crippen LogP contribution < -0.4 is 0 Å². The van der Waals surface area contributed by atoms with E-state index in [1.807, 2.05) is 43.3 Å². The van der Waals surface area contributed by atoms with Crippen LogP contribution in [0.4, 0.5) is 0 Å².